The number of ether oxygens (including phenoxy) is 3. The highest BCUT2D eigenvalue weighted by molar-refractivity contribution is 5.83. The van der Waals surface area contributed by atoms with Crippen LogP contribution >= 0.6 is 0 Å². The molecule has 12 nitrogen and oxygen atoms in total. The van der Waals surface area contributed by atoms with Gasteiger partial charge in [0.05, 0.1) is 6.42 Å². The van der Waals surface area contributed by atoms with E-state index in [4.69, 9.17) is 29.1 Å². The van der Waals surface area contributed by atoms with E-state index < -0.39 is 47.9 Å². The molecule has 5 aliphatic rings. The van der Waals surface area contributed by atoms with Gasteiger partial charge < -0.3 is 30.0 Å². The molecule has 4 saturated heterocycles. The van der Waals surface area contributed by atoms with Crippen molar-refractivity contribution in [1.29, 1.82) is 0 Å². The zero-order valence-corrected chi connectivity index (χ0v) is 22.5. The highest BCUT2D eigenvalue weighted by Crippen LogP contribution is 2.60. The Balaban J connectivity index is 1.24. The Morgan fingerprint density at radius 2 is 1.79 bits per heavy atom. The van der Waals surface area contributed by atoms with Crippen LogP contribution in [0.15, 0.2) is 0 Å². The van der Waals surface area contributed by atoms with Crippen molar-refractivity contribution in [3.63, 3.8) is 0 Å². The maximum atomic E-state index is 12.6. The SMILES string of the molecule is C[C@@H]1[C@H](OC(=O)CCC(=O)NCCCC(=O)N[C@@H](C)C(=O)O)O[C@H]2O[C@]3(C)CC[C@H]4[C@H](C)CC[C@@H]1[C@@]24OO3. The van der Waals surface area contributed by atoms with Crippen molar-refractivity contribution >= 4 is 23.8 Å². The van der Waals surface area contributed by atoms with E-state index in [1.165, 1.54) is 6.92 Å². The Labute approximate surface area is 222 Å². The van der Waals surface area contributed by atoms with Gasteiger partial charge in [-0.3, -0.25) is 19.2 Å². The van der Waals surface area contributed by atoms with Crippen LogP contribution in [0, 0.1) is 23.7 Å². The number of carboxylic acids is 1. The van der Waals surface area contributed by atoms with E-state index in [1.54, 1.807) is 0 Å². The number of carbonyl (C=O) groups excluding carboxylic acids is 3. The summed E-state index contributed by atoms with van der Waals surface area (Å²) in [6, 6.07) is -0.971. The molecule has 38 heavy (non-hydrogen) atoms. The lowest BCUT2D eigenvalue weighted by Crippen LogP contribution is -2.70. The Kier molecular flexibility index (Phi) is 8.65. The summed E-state index contributed by atoms with van der Waals surface area (Å²) in [6.45, 7) is 7.66. The van der Waals surface area contributed by atoms with Crippen molar-refractivity contribution in [2.45, 2.75) is 109 Å². The highest BCUT2D eigenvalue weighted by Gasteiger charge is 2.69. The molecule has 214 valence electrons. The summed E-state index contributed by atoms with van der Waals surface area (Å²) in [5, 5.41) is 13.8. The quantitative estimate of drug-likeness (QED) is 0.213. The Bertz CT molecular complexity index is 930. The van der Waals surface area contributed by atoms with E-state index in [2.05, 4.69) is 17.6 Å². The zero-order valence-electron chi connectivity index (χ0n) is 22.5. The lowest BCUT2D eigenvalue weighted by Gasteiger charge is -2.59. The van der Waals surface area contributed by atoms with Gasteiger partial charge in [0, 0.05) is 37.6 Å². The first-order valence-corrected chi connectivity index (χ1v) is 13.6. The van der Waals surface area contributed by atoms with Gasteiger partial charge in [-0.05, 0) is 51.4 Å². The van der Waals surface area contributed by atoms with Gasteiger partial charge in [-0.1, -0.05) is 13.8 Å². The van der Waals surface area contributed by atoms with E-state index >= 15 is 0 Å². The molecular weight excluding hydrogens is 500 g/mol. The smallest absolute Gasteiger partial charge is 0.325 e. The van der Waals surface area contributed by atoms with Gasteiger partial charge >= 0.3 is 11.9 Å². The van der Waals surface area contributed by atoms with Crippen LogP contribution in [0.25, 0.3) is 0 Å². The lowest BCUT2D eigenvalue weighted by molar-refractivity contribution is -0.576. The molecule has 1 aliphatic carbocycles. The second kappa shape index (κ2) is 11.4. The molecular formula is C26H40N2O10. The number of nitrogens with one attached hydrogen (secondary N) is 2. The summed E-state index contributed by atoms with van der Waals surface area (Å²) in [4.78, 5) is 59.1. The van der Waals surface area contributed by atoms with Crippen molar-refractivity contribution in [3.8, 4) is 0 Å². The van der Waals surface area contributed by atoms with E-state index in [1.807, 2.05) is 13.8 Å². The van der Waals surface area contributed by atoms with Gasteiger partial charge in [0.15, 0.2) is 11.9 Å². The normalized spacial score (nSPS) is 38.3. The van der Waals surface area contributed by atoms with Crippen LogP contribution in [0.3, 0.4) is 0 Å². The van der Waals surface area contributed by atoms with Crippen molar-refractivity contribution in [2.75, 3.05) is 6.54 Å². The number of aliphatic carboxylic acids is 1. The molecule has 1 spiro atoms. The standard InChI is InChI=1S/C26H40N2O10/c1-14-7-8-18-15(2)23(35-24-26(18)17(14)11-12-25(4,36-24)37-38-26)34-21(31)10-9-19(29)27-13-5-6-20(30)28-16(3)22(32)33/h14-18,23-24H,5-13H2,1-4H3,(H,27,29)(H,28,30)(H,32,33)/t14-,15+,16+,17+,18+,23-,24+,25+,26-/m1/s1. The predicted molar refractivity (Wildman–Crippen MR) is 130 cm³/mol. The molecule has 5 rings (SSSR count). The number of rotatable bonds is 10. The zero-order chi connectivity index (χ0) is 27.7. The second-order valence-electron chi connectivity index (χ2n) is 11.3. The Morgan fingerprint density at radius 1 is 1.03 bits per heavy atom. The van der Waals surface area contributed by atoms with E-state index in [0.29, 0.717) is 18.8 Å². The van der Waals surface area contributed by atoms with Gasteiger partial charge in [-0.2, -0.15) is 0 Å². The van der Waals surface area contributed by atoms with Crippen molar-refractivity contribution in [2.24, 2.45) is 23.7 Å². The molecule has 4 heterocycles. The van der Waals surface area contributed by atoms with Crippen LogP contribution in [-0.2, 0) is 43.2 Å². The van der Waals surface area contributed by atoms with Gasteiger partial charge in [0.25, 0.3) is 0 Å². The fourth-order valence-electron chi connectivity index (χ4n) is 6.35. The molecule has 2 amide bonds. The number of hydrogen-bond acceptors (Lipinski definition) is 9. The monoisotopic (exact) mass is 540 g/mol. The molecule has 5 fully saturated rings. The summed E-state index contributed by atoms with van der Waals surface area (Å²) in [6.07, 6.45) is 2.22. The molecule has 1 saturated carbocycles. The van der Waals surface area contributed by atoms with Gasteiger partial charge in [-0.25, -0.2) is 9.78 Å². The third-order valence-corrected chi connectivity index (χ3v) is 8.55. The molecule has 0 aromatic carbocycles. The molecule has 12 heteroatoms. The fourth-order valence-corrected chi connectivity index (χ4v) is 6.35. The number of esters is 1. The number of fused-ring (bicyclic) bond motifs is 2. The van der Waals surface area contributed by atoms with Crippen LogP contribution in [0.2, 0.25) is 0 Å². The van der Waals surface area contributed by atoms with Crippen LogP contribution in [0.1, 0.15) is 79.1 Å². The first kappa shape index (κ1) is 28.7. The number of carboxylic acid groups (broad SMARTS) is 1. The predicted octanol–water partition coefficient (Wildman–Crippen LogP) is 2.00. The van der Waals surface area contributed by atoms with E-state index in [9.17, 15) is 19.2 Å². The van der Waals surface area contributed by atoms with Gasteiger partial charge in [-0.15, -0.1) is 0 Å². The average molecular weight is 541 g/mol. The fraction of sp³-hybridized carbons (Fsp3) is 0.846. The third-order valence-electron chi connectivity index (χ3n) is 8.55. The largest absolute Gasteiger partial charge is 0.480 e. The molecule has 0 unspecified atom stereocenters. The molecule has 3 N–H and O–H groups in total. The van der Waals surface area contributed by atoms with Crippen LogP contribution in [-0.4, -0.2) is 65.4 Å². The van der Waals surface area contributed by atoms with Crippen LogP contribution in [0.4, 0.5) is 0 Å². The van der Waals surface area contributed by atoms with Crippen LogP contribution in [0.5, 0.6) is 0 Å². The molecule has 0 aromatic heterocycles. The average Bonchev–Trinajstić information content (AvgIpc) is 3.09. The third kappa shape index (κ3) is 5.83. The minimum absolute atomic E-state index is 0.0295. The van der Waals surface area contributed by atoms with Crippen molar-refractivity contribution in [3.05, 3.63) is 0 Å². The number of amides is 2. The number of hydrogen-bond donors (Lipinski definition) is 3. The molecule has 9 atom stereocenters. The Morgan fingerprint density at radius 3 is 2.53 bits per heavy atom. The first-order chi connectivity index (χ1) is 17.9. The molecule has 4 aliphatic heterocycles. The minimum atomic E-state index is -1.12. The van der Waals surface area contributed by atoms with Gasteiger partial charge in [0.2, 0.25) is 23.9 Å². The maximum Gasteiger partial charge on any atom is 0.325 e. The summed E-state index contributed by atoms with van der Waals surface area (Å²) >= 11 is 0. The highest BCUT2D eigenvalue weighted by atomic mass is 17.3. The minimum Gasteiger partial charge on any atom is -0.480 e. The topological polar surface area (TPSA) is 159 Å². The summed E-state index contributed by atoms with van der Waals surface area (Å²) in [5.41, 5.74) is -0.738. The number of carbonyl (C=O) groups is 4. The van der Waals surface area contributed by atoms with Crippen molar-refractivity contribution < 1.29 is 48.3 Å². The summed E-state index contributed by atoms with van der Waals surface area (Å²) in [7, 11) is 0. The van der Waals surface area contributed by atoms with E-state index in [0.717, 1.165) is 19.3 Å². The van der Waals surface area contributed by atoms with E-state index in [-0.39, 0.29) is 49.5 Å². The summed E-state index contributed by atoms with van der Waals surface area (Å²) < 4.78 is 18.2. The molecule has 0 radical (unpaired) electrons. The van der Waals surface area contributed by atoms with Crippen LogP contribution < -0.4 is 10.6 Å². The molecule has 0 aromatic rings. The maximum absolute atomic E-state index is 12.6. The summed E-state index contributed by atoms with van der Waals surface area (Å²) in [5.74, 6) is -2.80. The van der Waals surface area contributed by atoms with Crippen molar-refractivity contribution in [1.82, 2.24) is 10.6 Å². The lowest BCUT2D eigenvalue weighted by atomic mass is 9.58. The Hall–Kier alpha value is -2.28. The van der Waals surface area contributed by atoms with Gasteiger partial charge in [0.1, 0.15) is 6.04 Å². The second-order valence-corrected chi connectivity index (χ2v) is 11.3. The molecule has 2 bridgehead atoms. The first-order valence-electron chi connectivity index (χ1n) is 13.6.